The number of rotatable bonds is 5. The predicted octanol–water partition coefficient (Wildman–Crippen LogP) is 4.50. The van der Waals surface area contributed by atoms with Gasteiger partial charge in [-0.25, -0.2) is 0 Å². The Hall–Kier alpha value is -2.22. The van der Waals surface area contributed by atoms with Gasteiger partial charge in [0.2, 0.25) is 0 Å². The molecule has 0 heterocycles. The fraction of sp³-hybridized carbons (Fsp3) is 0.222. The third kappa shape index (κ3) is 3.41. The van der Waals surface area contributed by atoms with Gasteiger partial charge in [0.1, 0.15) is 12.4 Å². The molecule has 2 rings (SSSR count). The summed E-state index contributed by atoms with van der Waals surface area (Å²) in [4.78, 5) is 0. The molecule has 2 aromatic rings. The van der Waals surface area contributed by atoms with Gasteiger partial charge in [0.25, 0.3) is 0 Å². The van der Waals surface area contributed by atoms with Crippen LogP contribution in [0.5, 0.6) is 5.75 Å². The Labute approximate surface area is 120 Å². The molecule has 1 N–H and O–H groups in total. The van der Waals surface area contributed by atoms with Crippen LogP contribution >= 0.6 is 0 Å². The fourth-order valence-corrected chi connectivity index (χ4v) is 2.15. The Morgan fingerprint density at radius 1 is 1.05 bits per heavy atom. The van der Waals surface area contributed by atoms with Gasteiger partial charge in [-0.2, -0.15) is 0 Å². The van der Waals surface area contributed by atoms with E-state index in [-0.39, 0.29) is 5.76 Å². The zero-order valence-electron chi connectivity index (χ0n) is 12.0. The lowest BCUT2D eigenvalue weighted by Gasteiger charge is -2.14. The lowest BCUT2D eigenvalue weighted by molar-refractivity contribution is 0.303. The summed E-state index contributed by atoms with van der Waals surface area (Å²) >= 11 is 0. The summed E-state index contributed by atoms with van der Waals surface area (Å²) in [6.07, 6.45) is 0.492. The molecule has 0 atom stereocenters. The van der Waals surface area contributed by atoms with Crippen LogP contribution < -0.4 is 4.74 Å². The number of hydrogen-bond donors (Lipinski definition) is 1. The smallest absolute Gasteiger partial charge is 0.123 e. The van der Waals surface area contributed by atoms with Gasteiger partial charge in [0.15, 0.2) is 0 Å². The van der Waals surface area contributed by atoms with Crippen molar-refractivity contribution in [3.63, 3.8) is 0 Å². The molecule has 0 bridgehead atoms. The van der Waals surface area contributed by atoms with Gasteiger partial charge in [-0.3, -0.25) is 0 Å². The van der Waals surface area contributed by atoms with E-state index in [0.717, 1.165) is 28.0 Å². The van der Waals surface area contributed by atoms with Crippen molar-refractivity contribution in [2.24, 2.45) is 0 Å². The fourth-order valence-electron chi connectivity index (χ4n) is 2.15. The molecule has 2 nitrogen and oxygen atoms in total. The van der Waals surface area contributed by atoms with Crippen LogP contribution in [0.1, 0.15) is 22.3 Å². The summed E-state index contributed by atoms with van der Waals surface area (Å²) in [5, 5.41) is 9.32. The molecule has 0 radical (unpaired) electrons. The monoisotopic (exact) mass is 268 g/mol. The highest BCUT2D eigenvalue weighted by Gasteiger charge is 2.08. The zero-order chi connectivity index (χ0) is 14.5. The number of hydrogen-bond acceptors (Lipinski definition) is 2. The van der Waals surface area contributed by atoms with Crippen LogP contribution in [0.4, 0.5) is 0 Å². The minimum absolute atomic E-state index is 0.186. The second kappa shape index (κ2) is 6.29. The van der Waals surface area contributed by atoms with Crippen molar-refractivity contribution in [3.05, 3.63) is 77.1 Å². The zero-order valence-corrected chi connectivity index (χ0v) is 12.0. The third-order valence-corrected chi connectivity index (χ3v) is 3.48. The van der Waals surface area contributed by atoms with Crippen LogP contribution in [0.25, 0.3) is 0 Å². The van der Waals surface area contributed by atoms with Crippen LogP contribution in [0.2, 0.25) is 0 Å². The predicted molar refractivity (Wildman–Crippen MR) is 82.2 cm³/mol. The standard InChI is InChI=1S/C18H20O2/c1-13(19)11-17-9-10-18(15(3)14(17)2)20-12-16-7-5-4-6-8-16/h4-10,19H,1,11-12H2,2-3H3. The molecule has 2 heteroatoms. The van der Waals surface area contributed by atoms with Crippen LogP contribution in [0, 0.1) is 13.8 Å². The largest absolute Gasteiger partial charge is 0.513 e. The van der Waals surface area contributed by atoms with Crippen molar-refractivity contribution in [2.75, 3.05) is 0 Å². The number of benzene rings is 2. The topological polar surface area (TPSA) is 29.5 Å². The molecule has 2 aromatic carbocycles. The number of ether oxygens (including phenoxy) is 1. The van der Waals surface area contributed by atoms with Crippen molar-refractivity contribution >= 4 is 0 Å². The summed E-state index contributed by atoms with van der Waals surface area (Å²) in [5.41, 5.74) is 4.49. The van der Waals surface area contributed by atoms with Gasteiger partial charge < -0.3 is 9.84 Å². The van der Waals surface area contributed by atoms with Gasteiger partial charge in [-0.05, 0) is 42.2 Å². The molecule has 0 amide bonds. The highest BCUT2D eigenvalue weighted by atomic mass is 16.5. The second-order valence-electron chi connectivity index (χ2n) is 4.99. The van der Waals surface area contributed by atoms with E-state index in [1.165, 1.54) is 0 Å². The van der Waals surface area contributed by atoms with Crippen LogP contribution in [0.15, 0.2) is 54.8 Å². The number of aliphatic hydroxyl groups excluding tert-OH is 1. The molecular formula is C18H20O2. The molecular weight excluding hydrogens is 248 g/mol. The third-order valence-electron chi connectivity index (χ3n) is 3.48. The van der Waals surface area contributed by atoms with E-state index >= 15 is 0 Å². The minimum Gasteiger partial charge on any atom is -0.513 e. The van der Waals surface area contributed by atoms with Crippen LogP contribution in [-0.2, 0) is 13.0 Å². The van der Waals surface area contributed by atoms with Gasteiger partial charge >= 0.3 is 0 Å². The molecule has 0 aliphatic carbocycles. The molecule has 0 saturated heterocycles. The second-order valence-corrected chi connectivity index (χ2v) is 4.99. The highest BCUT2D eigenvalue weighted by molar-refractivity contribution is 5.44. The Morgan fingerprint density at radius 2 is 1.75 bits per heavy atom. The van der Waals surface area contributed by atoms with Gasteiger partial charge in [0, 0.05) is 6.42 Å². The summed E-state index contributed by atoms with van der Waals surface area (Å²) in [6.45, 7) is 8.19. The first kappa shape index (κ1) is 14.2. The maximum Gasteiger partial charge on any atom is 0.123 e. The van der Waals surface area contributed by atoms with E-state index in [9.17, 15) is 5.11 Å². The van der Waals surface area contributed by atoms with Crippen LogP contribution in [0.3, 0.4) is 0 Å². The Kier molecular flexibility index (Phi) is 4.46. The Balaban J connectivity index is 2.13. The first-order valence-electron chi connectivity index (χ1n) is 6.70. The van der Waals surface area contributed by atoms with Crippen molar-refractivity contribution in [1.29, 1.82) is 0 Å². The van der Waals surface area contributed by atoms with Crippen LogP contribution in [-0.4, -0.2) is 5.11 Å². The Bertz CT molecular complexity index is 600. The molecule has 0 spiro atoms. The maximum absolute atomic E-state index is 9.32. The molecule has 0 unspecified atom stereocenters. The maximum atomic E-state index is 9.32. The highest BCUT2D eigenvalue weighted by Crippen LogP contribution is 2.26. The van der Waals surface area contributed by atoms with Gasteiger partial charge in [-0.1, -0.05) is 43.0 Å². The number of allylic oxidation sites excluding steroid dienone is 1. The average molecular weight is 268 g/mol. The van der Waals surface area contributed by atoms with E-state index < -0.39 is 0 Å². The van der Waals surface area contributed by atoms with Gasteiger partial charge in [0.05, 0.1) is 5.76 Å². The lowest BCUT2D eigenvalue weighted by atomic mass is 9.99. The van der Waals surface area contributed by atoms with E-state index in [1.807, 2.05) is 56.3 Å². The average Bonchev–Trinajstić information content (AvgIpc) is 2.44. The van der Waals surface area contributed by atoms with Crippen molar-refractivity contribution < 1.29 is 9.84 Å². The molecule has 0 aliphatic rings. The molecule has 0 aliphatic heterocycles. The summed E-state index contributed by atoms with van der Waals surface area (Å²) in [7, 11) is 0. The van der Waals surface area contributed by atoms with E-state index in [0.29, 0.717) is 13.0 Å². The minimum atomic E-state index is 0.186. The van der Waals surface area contributed by atoms with Crippen molar-refractivity contribution in [3.8, 4) is 5.75 Å². The van der Waals surface area contributed by atoms with E-state index in [2.05, 4.69) is 6.58 Å². The first-order valence-corrected chi connectivity index (χ1v) is 6.70. The summed E-state index contributed by atoms with van der Waals surface area (Å²) < 4.78 is 5.88. The SMILES string of the molecule is C=C(O)Cc1ccc(OCc2ccccc2)c(C)c1C. The van der Waals surface area contributed by atoms with Gasteiger partial charge in [-0.15, -0.1) is 0 Å². The molecule has 0 aromatic heterocycles. The summed E-state index contributed by atoms with van der Waals surface area (Å²) in [5.74, 6) is 1.07. The quantitative estimate of drug-likeness (QED) is 0.809. The molecule has 0 saturated carbocycles. The first-order chi connectivity index (χ1) is 9.58. The number of aliphatic hydroxyl groups is 1. The Morgan fingerprint density at radius 3 is 2.40 bits per heavy atom. The van der Waals surface area contributed by atoms with E-state index in [1.54, 1.807) is 0 Å². The normalized spacial score (nSPS) is 10.3. The van der Waals surface area contributed by atoms with E-state index in [4.69, 9.17) is 4.74 Å². The molecule has 104 valence electrons. The summed E-state index contributed by atoms with van der Waals surface area (Å²) in [6, 6.07) is 14.1. The van der Waals surface area contributed by atoms with Crippen molar-refractivity contribution in [2.45, 2.75) is 26.9 Å². The molecule has 0 fully saturated rings. The lowest BCUT2D eigenvalue weighted by Crippen LogP contribution is -2.00. The van der Waals surface area contributed by atoms with Crippen molar-refractivity contribution in [1.82, 2.24) is 0 Å². The molecule has 20 heavy (non-hydrogen) atoms.